The number of rotatable bonds is 0. The molecule has 1 aliphatic heterocycles. The highest BCUT2D eigenvalue weighted by molar-refractivity contribution is 6.13. The van der Waals surface area contributed by atoms with Crippen LogP contribution in [0.2, 0.25) is 0 Å². The summed E-state index contributed by atoms with van der Waals surface area (Å²) in [6, 6.07) is 7.97. The summed E-state index contributed by atoms with van der Waals surface area (Å²) in [6.45, 7) is 0. The Morgan fingerprint density at radius 3 is 3.00 bits per heavy atom. The lowest BCUT2D eigenvalue weighted by molar-refractivity contribution is 0.321. The zero-order chi connectivity index (χ0) is 7.68. The zero-order valence-electron chi connectivity index (χ0n) is 5.95. The Morgan fingerprint density at radius 1 is 1.27 bits per heavy atom. The van der Waals surface area contributed by atoms with Gasteiger partial charge in [0.1, 0.15) is 5.75 Å². The number of hydrogen-bond donors (Lipinski definition) is 0. The first kappa shape index (κ1) is 6.67. The van der Waals surface area contributed by atoms with Crippen molar-refractivity contribution in [1.82, 2.24) is 0 Å². The molecule has 0 spiro atoms. The van der Waals surface area contributed by atoms with Crippen molar-refractivity contribution in [3.63, 3.8) is 0 Å². The smallest absolute Gasteiger partial charge is 0.126 e. The molecule has 1 aromatic carbocycles. The Hall–Kier alpha value is -1.02. The second-order valence-electron chi connectivity index (χ2n) is 2.44. The van der Waals surface area contributed by atoms with Gasteiger partial charge in [0.05, 0.1) is 16.0 Å². The van der Waals surface area contributed by atoms with Gasteiger partial charge in [-0.25, -0.2) is 0 Å². The van der Waals surface area contributed by atoms with E-state index in [0.29, 0.717) is 0 Å². The molecule has 53 valence electrons. The van der Waals surface area contributed by atoms with Crippen LogP contribution < -0.4 is 4.74 Å². The Balaban J connectivity index is 2.46. The van der Waals surface area contributed by atoms with Gasteiger partial charge >= 0.3 is 0 Å². The molecule has 11 heavy (non-hydrogen) atoms. The van der Waals surface area contributed by atoms with Crippen LogP contribution in [0.4, 0.5) is 0 Å². The fourth-order valence-corrected chi connectivity index (χ4v) is 1.32. The second kappa shape index (κ2) is 2.55. The third-order valence-corrected chi connectivity index (χ3v) is 1.93. The third-order valence-electron chi connectivity index (χ3n) is 1.62. The summed E-state index contributed by atoms with van der Waals surface area (Å²) in [6.07, 6.45) is 4.02. The van der Waals surface area contributed by atoms with Gasteiger partial charge < -0.3 is 4.74 Å². The summed E-state index contributed by atoms with van der Waals surface area (Å²) in [4.78, 5) is 0. The highest BCUT2D eigenvalue weighted by Crippen LogP contribution is 2.23. The van der Waals surface area contributed by atoms with Crippen molar-refractivity contribution in [1.29, 1.82) is 0 Å². The Labute approximate surface area is 69.1 Å². The summed E-state index contributed by atoms with van der Waals surface area (Å²) < 4.78 is 5.46. The Kier molecular flexibility index (Phi) is 1.54. The number of ether oxygens (including phenoxy) is 1. The van der Waals surface area contributed by atoms with Crippen LogP contribution in [0.15, 0.2) is 30.3 Å². The van der Waals surface area contributed by atoms with Crippen molar-refractivity contribution < 1.29 is 4.74 Å². The molecule has 0 amide bonds. The third kappa shape index (κ3) is 1.21. The van der Waals surface area contributed by atoms with E-state index in [2.05, 4.69) is 16.3 Å². The fraction of sp³-hybridized carbons (Fsp3) is 0.111. The maximum absolute atomic E-state index is 5.46. The maximum atomic E-state index is 5.46. The van der Waals surface area contributed by atoms with Gasteiger partial charge in [-0.3, -0.25) is 0 Å². The maximum Gasteiger partial charge on any atom is 0.126 e. The van der Waals surface area contributed by atoms with E-state index < -0.39 is 0 Å². The molecule has 1 unspecified atom stereocenters. The molecule has 0 aliphatic carbocycles. The van der Waals surface area contributed by atoms with Crippen LogP contribution in [0.3, 0.4) is 0 Å². The molecule has 1 nitrogen and oxygen atoms in total. The van der Waals surface area contributed by atoms with E-state index >= 15 is 0 Å². The highest BCUT2D eigenvalue weighted by atomic mass is 28.1. The average molecular weight is 159 g/mol. The van der Waals surface area contributed by atoms with Gasteiger partial charge in [-0.1, -0.05) is 24.3 Å². The van der Waals surface area contributed by atoms with Crippen molar-refractivity contribution in [3.05, 3.63) is 35.9 Å². The molecule has 0 aromatic heterocycles. The summed E-state index contributed by atoms with van der Waals surface area (Å²) in [5.41, 5.74) is 1.16. The van der Waals surface area contributed by atoms with Crippen LogP contribution in [-0.2, 0) is 0 Å². The predicted molar refractivity (Wildman–Crippen MR) is 45.6 cm³/mol. The van der Waals surface area contributed by atoms with Crippen LogP contribution in [-0.4, -0.2) is 16.0 Å². The molecule has 3 radical (unpaired) electrons. The Bertz CT molecular complexity index is 293. The molecule has 0 saturated heterocycles. The molecule has 0 fully saturated rings. The minimum absolute atomic E-state index is 0.0184. The molecule has 0 bridgehead atoms. The average Bonchev–Trinajstić information content (AvgIpc) is 2.04. The predicted octanol–water partition coefficient (Wildman–Crippen LogP) is 1.59. The van der Waals surface area contributed by atoms with E-state index in [1.54, 1.807) is 0 Å². The molecule has 1 atom stereocenters. The lowest BCUT2D eigenvalue weighted by Crippen LogP contribution is -2.15. The van der Waals surface area contributed by atoms with Crippen LogP contribution >= 0.6 is 0 Å². The zero-order valence-corrected chi connectivity index (χ0v) is 6.95. The number of hydrogen-bond acceptors (Lipinski definition) is 1. The topological polar surface area (TPSA) is 9.23 Å². The summed E-state index contributed by atoms with van der Waals surface area (Å²) in [7, 11) is 3.40. The first-order valence-electron chi connectivity index (χ1n) is 3.51. The van der Waals surface area contributed by atoms with Crippen molar-refractivity contribution in [2.24, 2.45) is 0 Å². The second-order valence-corrected chi connectivity index (χ2v) is 3.00. The minimum Gasteiger partial charge on any atom is -0.490 e. The molecular formula is C9H7OSi. The first-order chi connectivity index (χ1) is 5.36. The van der Waals surface area contributed by atoms with Crippen molar-refractivity contribution in [3.8, 4) is 5.75 Å². The van der Waals surface area contributed by atoms with Crippen LogP contribution in [0.1, 0.15) is 5.56 Å². The van der Waals surface area contributed by atoms with Gasteiger partial charge in [0.2, 0.25) is 0 Å². The highest BCUT2D eigenvalue weighted by Gasteiger charge is 2.07. The van der Waals surface area contributed by atoms with Gasteiger partial charge in [0.25, 0.3) is 0 Å². The summed E-state index contributed by atoms with van der Waals surface area (Å²) in [5.74, 6) is 0.940. The van der Waals surface area contributed by atoms with Gasteiger partial charge in [-0.15, -0.1) is 0 Å². The molecule has 0 saturated carbocycles. The van der Waals surface area contributed by atoms with E-state index in [-0.39, 0.29) is 5.73 Å². The number of para-hydroxylation sites is 1. The van der Waals surface area contributed by atoms with Gasteiger partial charge in [-0.05, 0) is 12.1 Å². The SMILES string of the molecule is [Si]C1C=Cc2ccccc2O1. The molecule has 1 heterocycles. The van der Waals surface area contributed by atoms with E-state index in [1.807, 2.05) is 30.3 Å². The molecule has 0 N–H and O–H groups in total. The van der Waals surface area contributed by atoms with E-state index in [0.717, 1.165) is 11.3 Å². The molecule has 2 rings (SSSR count). The van der Waals surface area contributed by atoms with Gasteiger partial charge in [0.15, 0.2) is 0 Å². The van der Waals surface area contributed by atoms with Crippen LogP contribution in [0, 0.1) is 0 Å². The molecule has 1 aliphatic rings. The van der Waals surface area contributed by atoms with Gasteiger partial charge in [0, 0.05) is 5.56 Å². The first-order valence-corrected chi connectivity index (χ1v) is 4.09. The van der Waals surface area contributed by atoms with Crippen LogP contribution in [0.5, 0.6) is 5.75 Å². The standard InChI is InChI=1S/C9H7OSi/c11-9-6-5-7-3-1-2-4-8(7)10-9/h1-6,9H. The minimum atomic E-state index is 0.0184. The van der Waals surface area contributed by atoms with E-state index in [1.165, 1.54) is 0 Å². The number of fused-ring (bicyclic) bond motifs is 1. The normalized spacial score (nSPS) is 20.6. The molecule has 1 aromatic rings. The van der Waals surface area contributed by atoms with Gasteiger partial charge in [-0.2, -0.15) is 0 Å². The number of benzene rings is 1. The van der Waals surface area contributed by atoms with Crippen molar-refractivity contribution in [2.45, 2.75) is 5.73 Å². The van der Waals surface area contributed by atoms with Crippen molar-refractivity contribution >= 4 is 16.3 Å². The van der Waals surface area contributed by atoms with Crippen LogP contribution in [0.25, 0.3) is 6.08 Å². The largest absolute Gasteiger partial charge is 0.490 e. The summed E-state index contributed by atoms with van der Waals surface area (Å²) in [5, 5.41) is 0. The molecular weight excluding hydrogens is 152 g/mol. The fourth-order valence-electron chi connectivity index (χ4n) is 1.09. The lowest BCUT2D eigenvalue weighted by Gasteiger charge is -2.17. The lowest BCUT2D eigenvalue weighted by atomic mass is 10.1. The summed E-state index contributed by atoms with van der Waals surface area (Å²) >= 11 is 0. The Morgan fingerprint density at radius 2 is 2.09 bits per heavy atom. The van der Waals surface area contributed by atoms with E-state index in [4.69, 9.17) is 4.74 Å². The quantitative estimate of drug-likeness (QED) is 0.522. The van der Waals surface area contributed by atoms with Crippen molar-refractivity contribution in [2.75, 3.05) is 0 Å². The van der Waals surface area contributed by atoms with E-state index in [9.17, 15) is 0 Å². The molecule has 2 heteroatoms. The monoisotopic (exact) mass is 159 g/mol.